The van der Waals surface area contributed by atoms with Gasteiger partial charge < -0.3 is 10.1 Å². The van der Waals surface area contributed by atoms with E-state index in [4.69, 9.17) is 16.3 Å². The van der Waals surface area contributed by atoms with Gasteiger partial charge in [0.15, 0.2) is 5.75 Å². The Bertz CT molecular complexity index is 1180. The van der Waals surface area contributed by atoms with Crippen LogP contribution in [0.15, 0.2) is 72.8 Å². The molecule has 3 aromatic carbocycles. The number of carbonyl (C=O) groups excluding carboxylic acids is 1. The van der Waals surface area contributed by atoms with Crippen LogP contribution in [-0.2, 0) is 14.8 Å². The van der Waals surface area contributed by atoms with Crippen molar-refractivity contribution >= 4 is 38.9 Å². The number of para-hydroxylation sites is 1. The zero-order valence-electron chi connectivity index (χ0n) is 18.1. The first-order chi connectivity index (χ1) is 15.2. The van der Waals surface area contributed by atoms with Crippen LogP contribution in [0.4, 0.5) is 11.4 Å². The van der Waals surface area contributed by atoms with Crippen LogP contribution in [0, 0.1) is 6.92 Å². The molecular formula is C24H25ClN2O4S. The predicted molar refractivity (Wildman–Crippen MR) is 129 cm³/mol. The molecule has 0 fully saturated rings. The molecule has 168 valence electrons. The molecule has 0 spiro atoms. The fraction of sp³-hybridized carbons (Fsp3) is 0.208. The molecule has 3 aromatic rings. The van der Waals surface area contributed by atoms with Crippen molar-refractivity contribution in [3.8, 4) is 11.5 Å². The van der Waals surface area contributed by atoms with Crippen molar-refractivity contribution in [2.45, 2.75) is 26.3 Å². The van der Waals surface area contributed by atoms with E-state index in [-0.39, 0.29) is 6.42 Å². The molecule has 0 radical (unpaired) electrons. The van der Waals surface area contributed by atoms with E-state index in [0.29, 0.717) is 27.9 Å². The lowest BCUT2D eigenvalue weighted by atomic mass is 10.1. The standard InChI is InChI=1S/C24H25ClN2O4S/c1-4-22(27(32(3,29)30)19-13-10-17(2)11-14-19)24(28)26-21-16-18(25)12-15-23(21)31-20-8-6-5-7-9-20/h5-16,22H,4H2,1-3H3,(H,26,28). The van der Waals surface area contributed by atoms with E-state index in [1.165, 1.54) is 0 Å². The van der Waals surface area contributed by atoms with E-state index in [0.717, 1.165) is 16.1 Å². The normalized spacial score (nSPS) is 12.1. The van der Waals surface area contributed by atoms with Crippen LogP contribution >= 0.6 is 11.6 Å². The SMILES string of the molecule is CCC(C(=O)Nc1cc(Cl)ccc1Oc1ccccc1)N(c1ccc(C)cc1)S(C)(=O)=O. The molecule has 3 rings (SSSR count). The van der Waals surface area contributed by atoms with E-state index in [1.54, 1.807) is 61.5 Å². The van der Waals surface area contributed by atoms with Crippen molar-refractivity contribution in [2.24, 2.45) is 0 Å². The monoisotopic (exact) mass is 472 g/mol. The zero-order chi connectivity index (χ0) is 23.3. The third-order valence-electron chi connectivity index (χ3n) is 4.79. The smallest absolute Gasteiger partial charge is 0.248 e. The number of halogens is 1. The lowest BCUT2D eigenvalue weighted by Crippen LogP contribution is -2.47. The second-order valence-corrected chi connectivity index (χ2v) is 9.66. The van der Waals surface area contributed by atoms with Crippen LogP contribution in [0.1, 0.15) is 18.9 Å². The van der Waals surface area contributed by atoms with Crippen molar-refractivity contribution in [3.63, 3.8) is 0 Å². The summed E-state index contributed by atoms with van der Waals surface area (Å²) in [6.07, 6.45) is 1.36. The predicted octanol–water partition coefficient (Wildman–Crippen LogP) is 5.62. The average Bonchev–Trinajstić information content (AvgIpc) is 2.74. The van der Waals surface area contributed by atoms with Gasteiger partial charge in [-0.2, -0.15) is 0 Å². The van der Waals surface area contributed by atoms with Gasteiger partial charge in [-0.3, -0.25) is 9.10 Å². The van der Waals surface area contributed by atoms with Crippen LogP contribution in [-0.4, -0.2) is 26.6 Å². The average molecular weight is 473 g/mol. The number of anilines is 2. The Balaban J connectivity index is 1.93. The van der Waals surface area contributed by atoms with Crippen LogP contribution < -0.4 is 14.4 Å². The Hall–Kier alpha value is -3.03. The van der Waals surface area contributed by atoms with Gasteiger partial charge in [0.2, 0.25) is 15.9 Å². The second kappa shape index (κ2) is 10.1. The molecule has 0 aliphatic rings. The number of hydrogen-bond acceptors (Lipinski definition) is 4. The summed E-state index contributed by atoms with van der Waals surface area (Å²) in [5.41, 5.74) is 1.76. The lowest BCUT2D eigenvalue weighted by Gasteiger charge is -2.30. The Labute approximate surface area is 193 Å². The molecule has 1 atom stereocenters. The third kappa shape index (κ3) is 5.81. The largest absolute Gasteiger partial charge is 0.455 e. The Morgan fingerprint density at radius 3 is 2.31 bits per heavy atom. The molecule has 0 aliphatic heterocycles. The highest BCUT2D eigenvalue weighted by Gasteiger charge is 2.32. The molecule has 8 heteroatoms. The summed E-state index contributed by atoms with van der Waals surface area (Å²) in [6, 6.07) is 20.0. The van der Waals surface area contributed by atoms with Gasteiger partial charge in [0.25, 0.3) is 0 Å². The summed E-state index contributed by atoms with van der Waals surface area (Å²) in [5, 5.41) is 3.21. The quantitative estimate of drug-likeness (QED) is 0.461. The molecule has 6 nitrogen and oxygen atoms in total. The molecule has 0 aliphatic carbocycles. The first-order valence-electron chi connectivity index (χ1n) is 10.1. The van der Waals surface area contributed by atoms with Gasteiger partial charge in [0.05, 0.1) is 17.6 Å². The van der Waals surface area contributed by atoms with E-state index in [9.17, 15) is 13.2 Å². The molecule has 1 unspecified atom stereocenters. The first kappa shape index (κ1) is 23.6. The fourth-order valence-corrected chi connectivity index (χ4v) is 4.66. The zero-order valence-corrected chi connectivity index (χ0v) is 19.7. The molecule has 0 saturated carbocycles. The first-order valence-corrected chi connectivity index (χ1v) is 12.3. The Morgan fingerprint density at radius 2 is 1.72 bits per heavy atom. The number of rotatable bonds is 8. The Kier molecular flexibility index (Phi) is 7.43. The lowest BCUT2D eigenvalue weighted by molar-refractivity contribution is -0.117. The van der Waals surface area contributed by atoms with Gasteiger partial charge in [-0.25, -0.2) is 8.42 Å². The summed E-state index contributed by atoms with van der Waals surface area (Å²) in [5.74, 6) is 0.499. The number of hydrogen-bond donors (Lipinski definition) is 1. The number of carbonyl (C=O) groups is 1. The summed E-state index contributed by atoms with van der Waals surface area (Å²) in [6.45, 7) is 3.67. The minimum absolute atomic E-state index is 0.266. The van der Waals surface area contributed by atoms with Crippen molar-refractivity contribution < 1.29 is 17.9 Å². The third-order valence-corrected chi connectivity index (χ3v) is 6.20. The number of sulfonamides is 1. The highest BCUT2D eigenvalue weighted by Crippen LogP contribution is 2.33. The number of aryl methyl sites for hydroxylation is 1. The topological polar surface area (TPSA) is 75.7 Å². The highest BCUT2D eigenvalue weighted by molar-refractivity contribution is 7.92. The molecule has 0 saturated heterocycles. The van der Waals surface area contributed by atoms with E-state index in [1.807, 2.05) is 25.1 Å². The van der Waals surface area contributed by atoms with Crippen molar-refractivity contribution in [3.05, 3.63) is 83.4 Å². The van der Waals surface area contributed by atoms with Crippen molar-refractivity contribution in [2.75, 3.05) is 15.9 Å². The molecular weight excluding hydrogens is 448 g/mol. The summed E-state index contributed by atoms with van der Waals surface area (Å²) >= 11 is 6.15. The van der Waals surface area contributed by atoms with E-state index < -0.39 is 22.0 Å². The maximum atomic E-state index is 13.3. The maximum Gasteiger partial charge on any atom is 0.248 e. The van der Waals surface area contributed by atoms with Gasteiger partial charge >= 0.3 is 0 Å². The van der Waals surface area contributed by atoms with Crippen molar-refractivity contribution in [1.82, 2.24) is 0 Å². The number of ether oxygens (including phenoxy) is 1. The maximum absolute atomic E-state index is 13.3. The minimum atomic E-state index is -3.73. The molecule has 1 N–H and O–H groups in total. The Morgan fingerprint density at radius 1 is 1.06 bits per heavy atom. The van der Waals surface area contributed by atoms with Gasteiger partial charge in [0, 0.05) is 5.02 Å². The van der Waals surface area contributed by atoms with Crippen LogP contribution in [0.25, 0.3) is 0 Å². The van der Waals surface area contributed by atoms with Crippen LogP contribution in [0.5, 0.6) is 11.5 Å². The van der Waals surface area contributed by atoms with Crippen LogP contribution in [0.2, 0.25) is 5.02 Å². The fourth-order valence-electron chi connectivity index (χ4n) is 3.27. The minimum Gasteiger partial charge on any atom is -0.455 e. The van der Waals surface area contributed by atoms with Crippen molar-refractivity contribution in [1.29, 1.82) is 0 Å². The van der Waals surface area contributed by atoms with Gasteiger partial charge in [0.1, 0.15) is 11.8 Å². The van der Waals surface area contributed by atoms with E-state index in [2.05, 4.69) is 5.32 Å². The number of nitrogens with zero attached hydrogens (tertiary/aromatic N) is 1. The molecule has 0 heterocycles. The van der Waals surface area contributed by atoms with Gasteiger partial charge in [-0.1, -0.05) is 54.4 Å². The van der Waals surface area contributed by atoms with E-state index >= 15 is 0 Å². The molecule has 1 amide bonds. The second-order valence-electron chi connectivity index (χ2n) is 7.36. The number of amides is 1. The number of nitrogens with one attached hydrogen (secondary N) is 1. The summed E-state index contributed by atoms with van der Waals surface area (Å²) in [4.78, 5) is 13.3. The van der Waals surface area contributed by atoms with Crippen LogP contribution in [0.3, 0.4) is 0 Å². The molecule has 0 aromatic heterocycles. The summed E-state index contributed by atoms with van der Waals surface area (Å²) < 4.78 is 32.3. The van der Waals surface area contributed by atoms with Gasteiger partial charge in [-0.05, 0) is 55.8 Å². The van der Waals surface area contributed by atoms with Gasteiger partial charge in [-0.15, -0.1) is 0 Å². The molecule has 32 heavy (non-hydrogen) atoms. The molecule has 0 bridgehead atoms. The summed E-state index contributed by atoms with van der Waals surface area (Å²) in [7, 11) is -3.73. The number of benzene rings is 3. The highest BCUT2D eigenvalue weighted by atomic mass is 35.5.